The van der Waals surface area contributed by atoms with Gasteiger partial charge in [-0.2, -0.15) is 0 Å². The third-order valence-electron chi connectivity index (χ3n) is 2.87. The molecule has 0 spiro atoms. The normalized spacial score (nSPS) is 10.4. The fourth-order valence-corrected chi connectivity index (χ4v) is 1.99. The molecule has 1 rings (SSSR count). The molecule has 20 heavy (non-hydrogen) atoms. The maximum Gasteiger partial charge on any atom is 0.294 e. The molecular weight excluding hydrogens is 260 g/mol. The number of nitrogens with one attached hydrogen (secondary N) is 1. The summed E-state index contributed by atoms with van der Waals surface area (Å²) in [7, 11) is 0. The van der Waals surface area contributed by atoms with Crippen LogP contribution in [0.3, 0.4) is 0 Å². The van der Waals surface area contributed by atoms with Crippen LogP contribution in [0.5, 0.6) is 0 Å². The number of nitrogen functional groups attached to an aromatic ring is 1. The Hall–Kier alpha value is -2.15. The van der Waals surface area contributed by atoms with E-state index in [0.717, 1.165) is 0 Å². The zero-order valence-electron chi connectivity index (χ0n) is 11.9. The predicted molar refractivity (Wildman–Crippen MR) is 77.3 cm³/mol. The van der Waals surface area contributed by atoms with Gasteiger partial charge in [0.25, 0.3) is 11.6 Å². The lowest BCUT2D eigenvalue weighted by molar-refractivity contribution is -0.384. The van der Waals surface area contributed by atoms with Crippen molar-refractivity contribution in [2.24, 2.45) is 11.8 Å². The molecule has 0 heterocycles. The Morgan fingerprint density at radius 2 is 2.15 bits per heavy atom. The molecule has 1 aromatic rings. The van der Waals surface area contributed by atoms with Gasteiger partial charge >= 0.3 is 0 Å². The zero-order valence-corrected chi connectivity index (χ0v) is 11.9. The number of nitrogens with zero attached hydrogens (tertiary/aromatic N) is 2. The molecule has 0 radical (unpaired) electrons. The summed E-state index contributed by atoms with van der Waals surface area (Å²) in [5.74, 6) is 5.39. The third kappa shape index (κ3) is 3.45. The van der Waals surface area contributed by atoms with Crippen LogP contribution in [-0.4, -0.2) is 28.8 Å². The molecule has 110 valence electrons. The number of nitro groups is 1. The molecule has 7 nitrogen and oxygen atoms in total. The Morgan fingerprint density at radius 3 is 2.60 bits per heavy atom. The van der Waals surface area contributed by atoms with E-state index in [9.17, 15) is 14.9 Å². The van der Waals surface area contributed by atoms with Gasteiger partial charge in [0.05, 0.1) is 10.5 Å². The van der Waals surface area contributed by atoms with Crippen LogP contribution in [0.15, 0.2) is 18.2 Å². The van der Waals surface area contributed by atoms with Gasteiger partial charge < -0.3 is 10.3 Å². The average molecular weight is 280 g/mol. The minimum absolute atomic E-state index is 0.0460. The Bertz CT molecular complexity index is 502. The summed E-state index contributed by atoms with van der Waals surface area (Å²) in [5.41, 5.74) is 2.32. The van der Waals surface area contributed by atoms with Crippen molar-refractivity contribution in [2.45, 2.75) is 20.8 Å². The van der Waals surface area contributed by atoms with Crippen molar-refractivity contribution < 1.29 is 9.72 Å². The lowest BCUT2D eigenvalue weighted by Gasteiger charge is -2.23. The quantitative estimate of drug-likeness (QED) is 0.471. The number of amides is 1. The van der Waals surface area contributed by atoms with Gasteiger partial charge in [0.2, 0.25) is 0 Å². The minimum atomic E-state index is -0.565. The second kappa shape index (κ2) is 6.85. The summed E-state index contributed by atoms with van der Waals surface area (Å²) in [6.45, 7) is 7.00. The van der Waals surface area contributed by atoms with E-state index >= 15 is 0 Å². The molecule has 0 aliphatic rings. The van der Waals surface area contributed by atoms with Crippen LogP contribution < -0.4 is 11.3 Å². The molecule has 0 atom stereocenters. The second-order valence-electron chi connectivity index (χ2n) is 4.84. The number of nitrogens with two attached hydrogens (primary N) is 1. The predicted octanol–water partition coefficient (Wildman–Crippen LogP) is 2.00. The molecule has 1 amide bonds. The topological polar surface area (TPSA) is 102 Å². The maximum absolute atomic E-state index is 12.5. The van der Waals surface area contributed by atoms with Gasteiger partial charge in [0.15, 0.2) is 0 Å². The van der Waals surface area contributed by atoms with Crippen molar-refractivity contribution in [3.63, 3.8) is 0 Å². The zero-order chi connectivity index (χ0) is 15.3. The number of hydrogen-bond donors (Lipinski definition) is 2. The van der Waals surface area contributed by atoms with E-state index in [2.05, 4.69) is 5.43 Å². The van der Waals surface area contributed by atoms with Crippen LogP contribution >= 0.6 is 0 Å². The largest absolute Gasteiger partial charge is 0.339 e. The molecule has 0 aliphatic heterocycles. The maximum atomic E-state index is 12.5. The number of carbonyl (C=O) groups is 1. The number of hydrogen-bond acceptors (Lipinski definition) is 5. The number of nitro benzene ring substituents is 1. The van der Waals surface area contributed by atoms with Crippen molar-refractivity contribution in [1.29, 1.82) is 0 Å². The van der Waals surface area contributed by atoms with Crippen LogP contribution in [0.2, 0.25) is 0 Å². The SMILES string of the molecule is CCN(CC(C)C)C(=O)c1cccc([N+](=O)[O-])c1NN. The van der Waals surface area contributed by atoms with Gasteiger partial charge in [-0.25, -0.2) is 0 Å². The molecular formula is C13H20N4O3. The fraction of sp³-hybridized carbons (Fsp3) is 0.462. The first kappa shape index (κ1) is 15.9. The van der Waals surface area contributed by atoms with Crippen molar-refractivity contribution in [1.82, 2.24) is 4.90 Å². The first-order valence-corrected chi connectivity index (χ1v) is 6.45. The molecule has 0 bridgehead atoms. The Kier molecular flexibility index (Phi) is 5.45. The number of hydrazine groups is 1. The molecule has 0 fully saturated rings. The summed E-state index contributed by atoms with van der Waals surface area (Å²) in [5, 5.41) is 11.0. The molecule has 7 heteroatoms. The lowest BCUT2D eigenvalue weighted by atomic mass is 10.1. The van der Waals surface area contributed by atoms with Gasteiger partial charge in [-0.15, -0.1) is 0 Å². The van der Waals surface area contributed by atoms with E-state index in [1.807, 2.05) is 20.8 Å². The Balaban J connectivity index is 3.21. The highest BCUT2D eigenvalue weighted by atomic mass is 16.6. The van der Waals surface area contributed by atoms with Gasteiger partial charge in [-0.05, 0) is 18.9 Å². The van der Waals surface area contributed by atoms with E-state index in [0.29, 0.717) is 19.0 Å². The first-order chi connectivity index (χ1) is 9.42. The smallest absolute Gasteiger partial charge is 0.294 e. The van der Waals surface area contributed by atoms with E-state index in [4.69, 9.17) is 5.84 Å². The number of para-hydroxylation sites is 1. The van der Waals surface area contributed by atoms with Gasteiger partial charge in [0.1, 0.15) is 5.69 Å². The minimum Gasteiger partial charge on any atom is -0.339 e. The van der Waals surface area contributed by atoms with Crippen LogP contribution in [0.1, 0.15) is 31.1 Å². The van der Waals surface area contributed by atoms with Crippen LogP contribution in [0.25, 0.3) is 0 Å². The summed E-state index contributed by atoms with van der Waals surface area (Å²) >= 11 is 0. The second-order valence-corrected chi connectivity index (χ2v) is 4.84. The highest BCUT2D eigenvalue weighted by Gasteiger charge is 2.24. The molecule has 0 saturated carbocycles. The van der Waals surface area contributed by atoms with E-state index in [1.165, 1.54) is 18.2 Å². The number of benzene rings is 1. The monoisotopic (exact) mass is 280 g/mol. The average Bonchev–Trinajstić information content (AvgIpc) is 2.42. The van der Waals surface area contributed by atoms with Crippen LogP contribution in [0.4, 0.5) is 11.4 Å². The summed E-state index contributed by atoms with van der Waals surface area (Å²) < 4.78 is 0. The lowest BCUT2D eigenvalue weighted by Crippen LogP contribution is -2.34. The number of carbonyl (C=O) groups excluding carboxylic acids is 1. The summed E-state index contributed by atoms with van der Waals surface area (Å²) in [6, 6.07) is 4.33. The Labute approximate surface area is 117 Å². The standard InChI is InChI=1S/C13H20N4O3/c1-4-16(8-9(2)3)13(18)10-6-5-7-11(17(19)20)12(10)15-14/h5-7,9,15H,4,8,14H2,1-3H3. The fourth-order valence-electron chi connectivity index (χ4n) is 1.99. The van der Waals surface area contributed by atoms with Crippen molar-refractivity contribution in [2.75, 3.05) is 18.5 Å². The molecule has 0 aliphatic carbocycles. The molecule has 3 N–H and O–H groups in total. The molecule has 0 unspecified atom stereocenters. The summed E-state index contributed by atoms with van der Waals surface area (Å²) in [4.78, 5) is 24.5. The van der Waals surface area contributed by atoms with Crippen molar-refractivity contribution in [3.8, 4) is 0 Å². The van der Waals surface area contributed by atoms with E-state index in [1.54, 1.807) is 4.90 Å². The highest BCUT2D eigenvalue weighted by Crippen LogP contribution is 2.28. The van der Waals surface area contributed by atoms with Crippen LogP contribution in [0, 0.1) is 16.0 Å². The number of anilines is 1. The summed E-state index contributed by atoms with van der Waals surface area (Å²) in [6.07, 6.45) is 0. The van der Waals surface area contributed by atoms with E-state index < -0.39 is 4.92 Å². The van der Waals surface area contributed by atoms with Gasteiger partial charge in [-0.3, -0.25) is 20.8 Å². The molecule has 0 saturated heterocycles. The molecule has 1 aromatic carbocycles. The van der Waals surface area contributed by atoms with Gasteiger partial charge in [0, 0.05) is 19.2 Å². The highest BCUT2D eigenvalue weighted by molar-refractivity contribution is 6.01. The van der Waals surface area contributed by atoms with E-state index in [-0.39, 0.29) is 22.8 Å². The Morgan fingerprint density at radius 1 is 1.50 bits per heavy atom. The van der Waals surface area contributed by atoms with Crippen molar-refractivity contribution >= 4 is 17.3 Å². The van der Waals surface area contributed by atoms with Gasteiger partial charge in [-0.1, -0.05) is 19.9 Å². The number of rotatable bonds is 6. The first-order valence-electron chi connectivity index (χ1n) is 6.45. The van der Waals surface area contributed by atoms with Crippen LogP contribution in [-0.2, 0) is 0 Å². The van der Waals surface area contributed by atoms with Crippen molar-refractivity contribution in [3.05, 3.63) is 33.9 Å². The molecule has 0 aromatic heterocycles. The third-order valence-corrected chi connectivity index (χ3v) is 2.87.